The van der Waals surface area contributed by atoms with E-state index in [1.54, 1.807) is 25.2 Å². The molecule has 0 spiro atoms. The van der Waals surface area contributed by atoms with Gasteiger partial charge < -0.3 is 5.32 Å². The van der Waals surface area contributed by atoms with Crippen molar-refractivity contribution in [2.45, 2.75) is 13.1 Å². The largest absolute Gasteiger partial charge is 0.350 e. The van der Waals surface area contributed by atoms with E-state index in [2.05, 4.69) is 11.4 Å². The monoisotopic (exact) mass is 320 g/mol. The van der Waals surface area contributed by atoms with Crippen molar-refractivity contribution in [2.24, 2.45) is 7.05 Å². The van der Waals surface area contributed by atoms with Gasteiger partial charge in [0.15, 0.2) is 0 Å². The van der Waals surface area contributed by atoms with Crippen LogP contribution in [0.3, 0.4) is 0 Å². The Morgan fingerprint density at radius 2 is 1.92 bits per heavy atom. The second-order valence-electron chi connectivity index (χ2n) is 5.51. The number of rotatable bonds is 4. The van der Waals surface area contributed by atoms with E-state index >= 15 is 0 Å². The molecule has 2 aromatic carbocycles. The first kappa shape index (κ1) is 15.6. The number of nitriles is 1. The standard InChI is InChI=1S/C18H16N4O2/c1-21-15-7-2-3-8-16(15)22(18(21)24)12-17(23)20-11-14-6-4-5-13(9-14)10-19/h2-9H,11-12H2,1H3,(H,20,23). The maximum absolute atomic E-state index is 12.3. The topological polar surface area (TPSA) is 79.8 Å². The number of carbonyl (C=O) groups excluding carboxylic acids is 1. The van der Waals surface area contributed by atoms with E-state index in [0.29, 0.717) is 12.1 Å². The third kappa shape index (κ3) is 2.92. The summed E-state index contributed by atoms with van der Waals surface area (Å²) in [5, 5.41) is 11.7. The third-order valence-electron chi connectivity index (χ3n) is 3.90. The first-order chi connectivity index (χ1) is 11.6. The molecule has 0 atom stereocenters. The van der Waals surface area contributed by atoms with E-state index < -0.39 is 0 Å². The van der Waals surface area contributed by atoms with Gasteiger partial charge in [-0.15, -0.1) is 0 Å². The lowest BCUT2D eigenvalue weighted by Crippen LogP contribution is -2.32. The molecule has 6 heteroatoms. The van der Waals surface area contributed by atoms with Crippen LogP contribution in [-0.4, -0.2) is 15.0 Å². The van der Waals surface area contributed by atoms with E-state index in [1.807, 2.05) is 30.3 Å². The highest BCUT2D eigenvalue weighted by atomic mass is 16.2. The van der Waals surface area contributed by atoms with Gasteiger partial charge in [-0.2, -0.15) is 5.26 Å². The van der Waals surface area contributed by atoms with Gasteiger partial charge in [0.25, 0.3) is 0 Å². The summed E-state index contributed by atoms with van der Waals surface area (Å²) in [6.45, 7) is 0.270. The number of hydrogen-bond donors (Lipinski definition) is 1. The van der Waals surface area contributed by atoms with Crippen LogP contribution in [0.4, 0.5) is 0 Å². The zero-order valence-electron chi connectivity index (χ0n) is 13.2. The fourth-order valence-electron chi connectivity index (χ4n) is 2.67. The zero-order valence-corrected chi connectivity index (χ0v) is 13.2. The van der Waals surface area contributed by atoms with Crippen LogP contribution >= 0.6 is 0 Å². The van der Waals surface area contributed by atoms with Gasteiger partial charge in [-0.1, -0.05) is 24.3 Å². The minimum atomic E-state index is -0.254. The molecule has 0 fully saturated rings. The molecule has 3 aromatic rings. The average Bonchev–Trinajstić information content (AvgIpc) is 2.85. The number of benzene rings is 2. The van der Waals surface area contributed by atoms with Gasteiger partial charge in [-0.25, -0.2) is 4.79 Å². The number of hydrogen-bond acceptors (Lipinski definition) is 3. The van der Waals surface area contributed by atoms with Crippen LogP contribution in [0.5, 0.6) is 0 Å². The van der Waals surface area contributed by atoms with Crippen molar-refractivity contribution in [1.82, 2.24) is 14.5 Å². The molecular weight excluding hydrogens is 304 g/mol. The number of amides is 1. The van der Waals surface area contributed by atoms with Crippen LogP contribution < -0.4 is 11.0 Å². The van der Waals surface area contributed by atoms with Crippen LogP contribution in [0.15, 0.2) is 53.3 Å². The van der Waals surface area contributed by atoms with E-state index in [9.17, 15) is 9.59 Å². The number of carbonyl (C=O) groups is 1. The van der Waals surface area contributed by atoms with Crippen molar-refractivity contribution in [3.05, 3.63) is 70.1 Å². The van der Waals surface area contributed by atoms with Gasteiger partial charge in [-0.3, -0.25) is 13.9 Å². The molecule has 0 aliphatic heterocycles. The molecular formula is C18H16N4O2. The predicted octanol–water partition coefficient (Wildman–Crippen LogP) is 1.53. The van der Waals surface area contributed by atoms with Crippen LogP contribution in [0.25, 0.3) is 11.0 Å². The normalized spacial score (nSPS) is 10.5. The Labute approximate surface area is 138 Å². The van der Waals surface area contributed by atoms with Gasteiger partial charge in [0, 0.05) is 13.6 Å². The van der Waals surface area contributed by atoms with Crippen molar-refractivity contribution in [2.75, 3.05) is 0 Å². The van der Waals surface area contributed by atoms with Crippen molar-refractivity contribution in [3.63, 3.8) is 0 Å². The SMILES string of the molecule is Cn1c(=O)n(CC(=O)NCc2cccc(C#N)c2)c2ccccc21. The summed E-state index contributed by atoms with van der Waals surface area (Å²) in [6, 6.07) is 16.5. The molecule has 0 aliphatic carbocycles. The number of nitrogens with one attached hydrogen (secondary N) is 1. The third-order valence-corrected chi connectivity index (χ3v) is 3.90. The molecule has 0 saturated carbocycles. The number of nitrogens with zero attached hydrogens (tertiary/aromatic N) is 3. The molecule has 0 unspecified atom stereocenters. The summed E-state index contributed by atoms with van der Waals surface area (Å²) in [5.74, 6) is -0.254. The molecule has 6 nitrogen and oxygen atoms in total. The summed E-state index contributed by atoms with van der Waals surface area (Å²) in [4.78, 5) is 24.5. The summed E-state index contributed by atoms with van der Waals surface area (Å²) >= 11 is 0. The van der Waals surface area contributed by atoms with Gasteiger partial charge in [0.2, 0.25) is 5.91 Å². The van der Waals surface area contributed by atoms with E-state index in [1.165, 1.54) is 9.13 Å². The van der Waals surface area contributed by atoms with Gasteiger partial charge in [0.05, 0.1) is 22.7 Å². The Morgan fingerprint density at radius 3 is 2.67 bits per heavy atom. The highest BCUT2D eigenvalue weighted by molar-refractivity contribution is 5.80. The fraction of sp³-hybridized carbons (Fsp3) is 0.167. The van der Waals surface area contributed by atoms with Gasteiger partial charge >= 0.3 is 5.69 Å². The minimum absolute atomic E-state index is 0.0435. The van der Waals surface area contributed by atoms with Crippen molar-refractivity contribution < 1.29 is 4.79 Å². The molecule has 1 amide bonds. The molecule has 24 heavy (non-hydrogen) atoms. The highest BCUT2D eigenvalue weighted by Crippen LogP contribution is 2.11. The second-order valence-corrected chi connectivity index (χ2v) is 5.51. The molecule has 0 saturated heterocycles. The quantitative estimate of drug-likeness (QED) is 0.791. The molecule has 3 rings (SSSR count). The zero-order chi connectivity index (χ0) is 17.1. The predicted molar refractivity (Wildman–Crippen MR) is 90.2 cm³/mol. The molecule has 0 radical (unpaired) electrons. The van der Waals surface area contributed by atoms with Crippen molar-refractivity contribution in [3.8, 4) is 6.07 Å². The summed E-state index contributed by atoms with van der Waals surface area (Å²) < 4.78 is 2.98. The number of fused-ring (bicyclic) bond motifs is 1. The fourth-order valence-corrected chi connectivity index (χ4v) is 2.67. The maximum Gasteiger partial charge on any atom is 0.329 e. The molecule has 120 valence electrons. The first-order valence-corrected chi connectivity index (χ1v) is 7.50. The van der Waals surface area contributed by atoms with Crippen LogP contribution in [0.1, 0.15) is 11.1 Å². The second kappa shape index (κ2) is 6.42. The van der Waals surface area contributed by atoms with Crippen molar-refractivity contribution >= 4 is 16.9 Å². The smallest absolute Gasteiger partial charge is 0.329 e. The molecule has 1 N–H and O–H groups in total. The first-order valence-electron chi connectivity index (χ1n) is 7.50. The van der Waals surface area contributed by atoms with Crippen LogP contribution in [0, 0.1) is 11.3 Å². The average molecular weight is 320 g/mol. The van der Waals surface area contributed by atoms with Gasteiger partial charge in [-0.05, 0) is 29.8 Å². The molecule has 0 aliphatic rings. The van der Waals surface area contributed by atoms with Crippen LogP contribution in [0.2, 0.25) is 0 Å². The lowest BCUT2D eigenvalue weighted by Gasteiger charge is -2.06. The van der Waals surface area contributed by atoms with Gasteiger partial charge in [0.1, 0.15) is 6.54 Å². The minimum Gasteiger partial charge on any atom is -0.350 e. The summed E-state index contributed by atoms with van der Waals surface area (Å²) in [7, 11) is 1.69. The Morgan fingerprint density at radius 1 is 1.17 bits per heavy atom. The Bertz CT molecular complexity index is 1010. The number of para-hydroxylation sites is 2. The number of aryl methyl sites for hydroxylation is 1. The number of imidazole rings is 1. The van der Waals surface area contributed by atoms with Crippen LogP contribution in [-0.2, 0) is 24.9 Å². The molecule has 0 bridgehead atoms. The summed E-state index contributed by atoms with van der Waals surface area (Å²) in [5.41, 5.74) is 2.68. The van der Waals surface area contributed by atoms with E-state index in [4.69, 9.17) is 5.26 Å². The lowest BCUT2D eigenvalue weighted by atomic mass is 10.1. The summed E-state index contributed by atoms with van der Waals surface area (Å²) in [6.07, 6.45) is 0. The Hall–Kier alpha value is -3.33. The maximum atomic E-state index is 12.3. The highest BCUT2D eigenvalue weighted by Gasteiger charge is 2.12. The van der Waals surface area contributed by atoms with E-state index in [-0.39, 0.29) is 18.1 Å². The molecule has 1 heterocycles. The molecule has 1 aromatic heterocycles. The Kier molecular flexibility index (Phi) is 4.17. The van der Waals surface area contributed by atoms with Crippen molar-refractivity contribution in [1.29, 1.82) is 5.26 Å². The number of aromatic nitrogens is 2. The van der Waals surface area contributed by atoms with E-state index in [0.717, 1.165) is 16.6 Å². The Balaban J connectivity index is 1.75. The lowest BCUT2D eigenvalue weighted by molar-refractivity contribution is -0.121.